The van der Waals surface area contributed by atoms with Crippen LogP contribution >= 0.6 is 0 Å². The number of carbonyl (C=O) groups is 2. The second kappa shape index (κ2) is 4.82. The van der Waals surface area contributed by atoms with Crippen molar-refractivity contribution in [2.45, 2.75) is 25.3 Å². The van der Waals surface area contributed by atoms with Gasteiger partial charge in [-0.3, -0.25) is 9.59 Å². The number of piperazine rings is 1. The van der Waals surface area contributed by atoms with E-state index in [2.05, 4.69) is 5.32 Å². The minimum absolute atomic E-state index is 0.0374. The first-order valence-corrected chi connectivity index (χ1v) is 5.94. The van der Waals surface area contributed by atoms with Crippen LogP contribution in [0.1, 0.15) is 19.3 Å². The summed E-state index contributed by atoms with van der Waals surface area (Å²) in [4.78, 5) is 27.0. The Balaban J connectivity index is 1.91. The molecule has 1 N–H and O–H groups in total. The van der Waals surface area contributed by atoms with Gasteiger partial charge in [0.1, 0.15) is 0 Å². The van der Waals surface area contributed by atoms with Crippen LogP contribution in [-0.2, 0) is 9.59 Å². The molecule has 90 valence electrons. The molecule has 0 aromatic rings. The van der Waals surface area contributed by atoms with E-state index in [9.17, 15) is 9.59 Å². The van der Waals surface area contributed by atoms with E-state index in [0.717, 1.165) is 25.8 Å². The van der Waals surface area contributed by atoms with E-state index in [1.54, 1.807) is 16.8 Å². The molecule has 5 heteroatoms. The maximum Gasteiger partial charge on any atom is 0.241 e. The zero-order valence-electron chi connectivity index (χ0n) is 9.74. The summed E-state index contributed by atoms with van der Waals surface area (Å²) in [5.74, 6) is 0.136. The molecule has 0 aromatic heterocycles. The number of nitrogens with zero attached hydrogens (tertiary/aromatic N) is 2. The summed E-state index contributed by atoms with van der Waals surface area (Å²) < 4.78 is 0. The maximum atomic E-state index is 12.1. The van der Waals surface area contributed by atoms with E-state index < -0.39 is 0 Å². The van der Waals surface area contributed by atoms with Crippen molar-refractivity contribution in [2.24, 2.45) is 0 Å². The highest BCUT2D eigenvalue weighted by atomic mass is 16.2. The van der Waals surface area contributed by atoms with Crippen LogP contribution in [0.25, 0.3) is 0 Å². The largest absolute Gasteiger partial charge is 0.342 e. The molecule has 0 bridgehead atoms. The van der Waals surface area contributed by atoms with Gasteiger partial charge in [-0.15, -0.1) is 0 Å². The van der Waals surface area contributed by atoms with Gasteiger partial charge in [0.15, 0.2) is 0 Å². The Bertz CT molecular complexity index is 287. The van der Waals surface area contributed by atoms with Crippen LogP contribution in [0.5, 0.6) is 0 Å². The van der Waals surface area contributed by atoms with E-state index in [1.807, 2.05) is 0 Å². The molecule has 0 aromatic carbocycles. The lowest BCUT2D eigenvalue weighted by molar-refractivity contribution is -0.145. The molecule has 2 fully saturated rings. The quantitative estimate of drug-likeness (QED) is 0.650. The van der Waals surface area contributed by atoms with Crippen LogP contribution in [0, 0.1) is 0 Å². The second-order valence-electron chi connectivity index (χ2n) is 4.58. The fraction of sp³-hybridized carbons (Fsp3) is 0.818. The normalized spacial score (nSPS) is 27.1. The molecule has 16 heavy (non-hydrogen) atoms. The molecule has 5 nitrogen and oxygen atoms in total. The van der Waals surface area contributed by atoms with Crippen LogP contribution in [0.4, 0.5) is 0 Å². The standard InChI is InChI=1S/C11H19N3O2/c1-13-6-7-14(8-10(13)15)11(16)9-4-2-3-5-12-9/h9,12H,2-8H2,1H3/t9-/m0/s1. The van der Waals surface area contributed by atoms with Crippen LogP contribution < -0.4 is 5.32 Å². The predicted octanol–water partition coefficient (Wildman–Crippen LogP) is -0.571. The first kappa shape index (κ1) is 11.4. The Hall–Kier alpha value is -1.10. The van der Waals surface area contributed by atoms with E-state index >= 15 is 0 Å². The molecule has 0 spiro atoms. The summed E-state index contributed by atoms with van der Waals surface area (Å²) in [6, 6.07) is -0.0649. The van der Waals surface area contributed by atoms with Gasteiger partial charge in [-0.05, 0) is 19.4 Å². The molecule has 0 aliphatic carbocycles. The SMILES string of the molecule is CN1CCN(C(=O)[C@@H]2CCCCN2)CC1=O. The van der Waals surface area contributed by atoms with E-state index in [1.165, 1.54) is 0 Å². The monoisotopic (exact) mass is 225 g/mol. The second-order valence-corrected chi connectivity index (χ2v) is 4.58. The van der Waals surface area contributed by atoms with Gasteiger partial charge >= 0.3 is 0 Å². The highest BCUT2D eigenvalue weighted by Crippen LogP contribution is 2.11. The average molecular weight is 225 g/mol. The van der Waals surface area contributed by atoms with Crippen LogP contribution in [0.15, 0.2) is 0 Å². The molecular weight excluding hydrogens is 206 g/mol. The van der Waals surface area contributed by atoms with Crippen molar-refractivity contribution in [2.75, 3.05) is 33.2 Å². The Kier molecular flexibility index (Phi) is 3.43. The van der Waals surface area contributed by atoms with E-state index in [-0.39, 0.29) is 24.4 Å². The van der Waals surface area contributed by atoms with Gasteiger partial charge in [0.2, 0.25) is 11.8 Å². The molecule has 2 aliphatic heterocycles. The third-order valence-corrected chi connectivity index (χ3v) is 3.38. The minimum atomic E-state index is -0.0649. The van der Waals surface area contributed by atoms with Crippen molar-refractivity contribution >= 4 is 11.8 Å². The summed E-state index contributed by atoms with van der Waals surface area (Å²) in [6.45, 7) is 2.47. The lowest BCUT2D eigenvalue weighted by Gasteiger charge is -2.35. The Morgan fingerprint density at radius 3 is 2.81 bits per heavy atom. The molecule has 2 heterocycles. The van der Waals surface area contributed by atoms with Crippen molar-refractivity contribution in [3.05, 3.63) is 0 Å². The molecule has 0 saturated carbocycles. The number of carbonyl (C=O) groups excluding carboxylic acids is 2. The van der Waals surface area contributed by atoms with Crippen LogP contribution in [-0.4, -0.2) is 60.9 Å². The summed E-state index contributed by atoms with van der Waals surface area (Å²) in [5, 5.41) is 3.23. The van der Waals surface area contributed by atoms with Gasteiger partial charge in [0.05, 0.1) is 12.6 Å². The Morgan fingerprint density at radius 1 is 1.38 bits per heavy atom. The third kappa shape index (κ3) is 2.35. The molecule has 1 atom stereocenters. The maximum absolute atomic E-state index is 12.1. The van der Waals surface area contributed by atoms with Gasteiger partial charge in [0, 0.05) is 20.1 Å². The molecule has 2 amide bonds. The number of hydrogen-bond donors (Lipinski definition) is 1. The molecular formula is C11H19N3O2. The van der Waals surface area contributed by atoms with Gasteiger partial charge < -0.3 is 15.1 Å². The highest BCUT2D eigenvalue weighted by molar-refractivity contribution is 5.88. The van der Waals surface area contributed by atoms with Gasteiger partial charge in [-0.2, -0.15) is 0 Å². The Morgan fingerprint density at radius 2 is 2.19 bits per heavy atom. The van der Waals surface area contributed by atoms with E-state index in [0.29, 0.717) is 13.1 Å². The number of amides is 2. The van der Waals surface area contributed by atoms with Crippen molar-refractivity contribution in [3.63, 3.8) is 0 Å². The van der Waals surface area contributed by atoms with Crippen molar-refractivity contribution in [1.29, 1.82) is 0 Å². The lowest BCUT2D eigenvalue weighted by Crippen LogP contribution is -2.56. The summed E-state index contributed by atoms with van der Waals surface area (Å²) in [6.07, 6.45) is 3.15. The van der Waals surface area contributed by atoms with Crippen molar-refractivity contribution in [3.8, 4) is 0 Å². The zero-order valence-corrected chi connectivity index (χ0v) is 9.74. The summed E-state index contributed by atoms with van der Waals surface area (Å²) >= 11 is 0. The first-order chi connectivity index (χ1) is 7.68. The topological polar surface area (TPSA) is 52.6 Å². The summed E-state index contributed by atoms with van der Waals surface area (Å²) in [7, 11) is 1.78. The highest BCUT2D eigenvalue weighted by Gasteiger charge is 2.30. The molecule has 2 aliphatic rings. The fourth-order valence-electron chi connectivity index (χ4n) is 2.23. The first-order valence-electron chi connectivity index (χ1n) is 5.94. The number of piperidine rings is 1. The average Bonchev–Trinajstić information content (AvgIpc) is 2.33. The van der Waals surface area contributed by atoms with Crippen molar-refractivity contribution in [1.82, 2.24) is 15.1 Å². The number of rotatable bonds is 1. The number of hydrogen-bond acceptors (Lipinski definition) is 3. The minimum Gasteiger partial charge on any atom is -0.342 e. The molecule has 0 unspecified atom stereocenters. The lowest BCUT2D eigenvalue weighted by atomic mass is 10.0. The van der Waals surface area contributed by atoms with Gasteiger partial charge in [-0.1, -0.05) is 6.42 Å². The fourth-order valence-corrected chi connectivity index (χ4v) is 2.23. The van der Waals surface area contributed by atoms with E-state index in [4.69, 9.17) is 0 Å². The summed E-state index contributed by atoms with van der Waals surface area (Å²) in [5.41, 5.74) is 0. The number of nitrogens with one attached hydrogen (secondary N) is 1. The van der Waals surface area contributed by atoms with Crippen LogP contribution in [0.3, 0.4) is 0 Å². The third-order valence-electron chi connectivity index (χ3n) is 3.38. The zero-order chi connectivity index (χ0) is 11.5. The van der Waals surface area contributed by atoms with Crippen molar-refractivity contribution < 1.29 is 9.59 Å². The van der Waals surface area contributed by atoms with Gasteiger partial charge in [0.25, 0.3) is 0 Å². The predicted molar refractivity (Wildman–Crippen MR) is 59.9 cm³/mol. The van der Waals surface area contributed by atoms with Crippen LogP contribution in [0.2, 0.25) is 0 Å². The Labute approximate surface area is 95.8 Å². The molecule has 2 saturated heterocycles. The molecule has 2 rings (SSSR count). The smallest absolute Gasteiger partial charge is 0.241 e. The van der Waals surface area contributed by atoms with Gasteiger partial charge in [-0.25, -0.2) is 0 Å². The molecule has 0 radical (unpaired) electrons. The number of likely N-dealkylation sites (N-methyl/N-ethyl adjacent to an activating group) is 1.